The molecule has 130 valence electrons. The van der Waals surface area contributed by atoms with E-state index in [-0.39, 0.29) is 18.5 Å². The number of hydrogen-bond donors (Lipinski definition) is 0. The van der Waals surface area contributed by atoms with Crippen LogP contribution in [0.25, 0.3) is 0 Å². The lowest BCUT2D eigenvalue weighted by Gasteiger charge is -2.34. The number of rotatable bonds is 3. The lowest BCUT2D eigenvalue weighted by molar-refractivity contribution is 0.0628. The quantitative estimate of drug-likeness (QED) is 0.860. The van der Waals surface area contributed by atoms with E-state index in [0.29, 0.717) is 30.2 Å². The molecular weight excluding hydrogens is 323 g/mol. The van der Waals surface area contributed by atoms with Gasteiger partial charge in [0.15, 0.2) is 11.5 Å². The summed E-state index contributed by atoms with van der Waals surface area (Å²) in [6.07, 6.45) is 0. The van der Waals surface area contributed by atoms with Crippen LogP contribution in [-0.2, 0) is 6.54 Å². The lowest BCUT2D eigenvalue weighted by Crippen LogP contribution is -2.48. The van der Waals surface area contributed by atoms with Crippen molar-refractivity contribution in [1.29, 1.82) is 0 Å². The number of piperazine rings is 1. The molecule has 2 heterocycles. The van der Waals surface area contributed by atoms with Crippen molar-refractivity contribution in [3.05, 3.63) is 59.4 Å². The summed E-state index contributed by atoms with van der Waals surface area (Å²) in [5, 5.41) is 0. The summed E-state index contributed by atoms with van der Waals surface area (Å²) >= 11 is 0. The van der Waals surface area contributed by atoms with Crippen molar-refractivity contribution >= 4 is 5.91 Å². The van der Waals surface area contributed by atoms with Gasteiger partial charge in [-0.05, 0) is 35.9 Å². The third-order valence-electron chi connectivity index (χ3n) is 4.60. The van der Waals surface area contributed by atoms with Crippen LogP contribution in [0.15, 0.2) is 42.5 Å². The molecule has 1 fully saturated rings. The number of carbonyl (C=O) groups excluding carboxylic acids is 1. The zero-order chi connectivity index (χ0) is 17.2. The standard InChI is InChI=1S/C19H19FN2O3/c20-16-4-1-14(2-5-16)12-21-7-9-22(10-8-21)19(23)15-3-6-17-18(11-15)25-13-24-17/h1-6,11H,7-10,12-13H2. The van der Waals surface area contributed by atoms with Gasteiger partial charge in [-0.1, -0.05) is 12.1 Å². The Morgan fingerprint density at radius 1 is 0.960 bits per heavy atom. The van der Waals surface area contributed by atoms with Crippen LogP contribution in [0.4, 0.5) is 4.39 Å². The molecule has 0 N–H and O–H groups in total. The summed E-state index contributed by atoms with van der Waals surface area (Å²) in [5.74, 6) is 1.10. The molecule has 25 heavy (non-hydrogen) atoms. The van der Waals surface area contributed by atoms with Gasteiger partial charge in [0.25, 0.3) is 5.91 Å². The Morgan fingerprint density at radius 2 is 1.68 bits per heavy atom. The Kier molecular flexibility index (Phi) is 4.28. The Labute approximate surface area is 145 Å². The smallest absolute Gasteiger partial charge is 0.254 e. The Morgan fingerprint density at radius 3 is 2.44 bits per heavy atom. The highest BCUT2D eigenvalue weighted by Crippen LogP contribution is 2.32. The summed E-state index contributed by atoms with van der Waals surface area (Å²) in [7, 11) is 0. The molecule has 0 radical (unpaired) electrons. The second-order valence-electron chi connectivity index (χ2n) is 6.26. The SMILES string of the molecule is O=C(c1ccc2c(c1)OCO2)N1CCN(Cc2ccc(F)cc2)CC1. The predicted molar refractivity (Wildman–Crippen MR) is 90.1 cm³/mol. The van der Waals surface area contributed by atoms with Gasteiger partial charge in [-0.25, -0.2) is 4.39 Å². The summed E-state index contributed by atoms with van der Waals surface area (Å²) in [6.45, 7) is 3.92. The van der Waals surface area contributed by atoms with Crippen molar-refractivity contribution in [3.63, 3.8) is 0 Å². The normalized spacial score (nSPS) is 16.9. The van der Waals surface area contributed by atoms with Gasteiger partial charge in [-0.2, -0.15) is 0 Å². The van der Waals surface area contributed by atoms with Crippen molar-refractivity contribution in [2.75, 3.05) is 33.0 Å². The van der Waals surface area contributed by atoms with Gasteiger partial charge in [0.2, 0.25) is 6.79 Å². The maximum absolute atomic E-state index is 13.0. The van der Waals surface area contributed by atoms with E-state index in [2.05, 4.69) is 4.90 Å². The minimum absolute atomic E-state index is 0.0136. The summed E-state index contributed by atoms with van der Waals surface area (Å²) in [6, 6.07) is 11.9. The molecule has 2 aliphatic heterocycles. The van der Waals surface area contributed by atoms with Gasteiger partial charge in [0.05, 0.1) is 0 Å². The molecule has 0 unspecified atom stereocenters. The Balaban J connectivity index is 1.35. The molecule has 0 atom stereocenters. The van der Waals surface area contributed by atoms with E-state index < -0.39 is 0 Å². The minimum Gasteiger partial charge on any atom is -0.454 e. The van der Waals surface area contributed by atoms with Crippen molar-refractivity contribution < 1.29 is 18.7 Å². The zero-order valence-corrected chi connectivity index (χ0v) is 13.8. The predicted octanol–water partition coefficient (Wildman–Crippen LogP) is 2.51. The third-order valence-corrected chi connectivity index (χ3v) is 4.60. The van der Waals surface area contributed by atoms with E-state index in [9.17, 15) is 9.18 Å². The molecule has 2 aromatic rings. The molecule has 5 nitrogen and oxygen atoms in total. The molecule has 0 aliphatic carbocycles. The van der Waals surface area contributed by atoms with E-state index in [1.807, 2.05) is 4.90 Å². The van der Waals surface area contributed by atoms with Crippen LogP contribution in [0.1, 0.15) is 15.9 Å². The first-order valence-corrected chi connectivity index (χ1v) is 8.35. The Hall–Kier alpha value is -2.60. The number of fused-ring (bicyclic) bond motifs is 1. The molecule has 4 rings (SSSR count). The first kappa shape index (κ1) is 15.9. The van der Waals surface area contributed by atoms with Gasteiger partial charge in [0.1, 0.15) is 5.82 Å². The van der Waals surface area contributed by atoms with Crippen LogP contribution in [-0.4, -0.2) is 48.7 Å². The minimum atomic E-state index is -0.220. The maximum atomic E-state index is 13.0. The average molecular weight is 342 g/mol. The number of amides is 1. The van der Waals surface area contributed by atoms with Gasteiger partial charge in [-0.3, -0.25) is 9.69 Å². The second kappa shape index (κ2) is 6.72. The van der Waals surface area contributed by atoms with Crippen LogP contribution in [0.2, 0.25) is 0 Å². The highest BCUT2D eigenvalue weighted by molar-refractivity contribution is 5.95. The highest BCUT2D eigenvalue weighted by atomic mass is 19.1. The molecule has 1 amide bonds. The van der Waals surface area contributed by atoms with Crippen molar-refractivity contribution in [2.24, 2.45) is 0 Å². The number of hydrogen-bond acceptors (Lipinski definition) is 4. The Bertz CT molecular complexity index is 771. The summed E-state index contributed by atoms with van der Waals surface area (Å²) < 4.78 is 23.6. The zero-order valence-electron chi connectivity index (χ0n) is 13.8. The molecule has 0 aromatic heterocycles. The molecule has 0 bridgehead atoms. The first-order valence-electron chi connectivity index (χ1n) is 8.35. The molecule has 1 saturated heterocycles. The van der Waals surface area contributed by atoms with Crippen molar-refractivity contribution in [3.8, 4) is 11.5 Å². The number of benzene rings is 2. The van der Waals surface area contributed by atoms with Gasteiger partial charge < -0.3 is 14.4 Å². The summed E-state index contributed by atoms with van der Waals surface area (Å²) in [5.41, 5.74) is 1.70. The fourth-order valence-electron chi connectivity index (χ4n) is 3.17. The number of nitrogens with zero attached hydrogens (tertiary/aromatic N) is 2. The summed E-state index contributed by atoms with van der Waals surface area (Å²) in [4.78, 5) is 16.8. The molecule has 0 saturated carbocycles. The van der Waals surface area contributed by atoms with Gasteiger partial charge in [0, 0.05) is 38.3 Å². The van der Waals surface area contributed by atoms with Crippen LogP contribution < -0.4 is 9.47 Å². The molecular formula is C19H19FN2O3. The third kappa shape index (κ3) is 3.44. The second-order valence-corrected chi connectivity index (χ2v) is 6.26. The monoisotopic (exact) mass is 342 g/mol. The van der Waals surface area contributed by atoms with E-state index in [1.165, 1.54) is 12.1 Å². The number of ether oxygens (including phenoxy) is 2. The molecule has 0 spiro atoms. The van der Waals surface area contributed by atoms with Gasteiger partial charge in [-0.15, -0.1) is 0 Å². The van der Waals surface area contributed by atoms with Crippen LogP contribution in [0, 0.1) is 5.82 Å². The lowest BCUT2D eigenvalue weighted by atomic mass is 10.1. The molecule has 2 aliphatic rings. The van der Waals surface area contributed by atoms with E-state index in [0.717, 1.165) is 25.2 Å². The van der Waals surface area contributed by atoms with Crippen LogP contribution in [0.3, 0.4) is 0 Å². The number of halogens is 1. The molecule has 6 heteroatoms. The van der Waals surface area contributed by atoms with Crippen molar-refractivity contribution in [2.45, 2.75) is 6.54 Å². The maximum Gasteiger partial charge on any atom is 0.254 e. The highest BCUT2D eigenvalue weighted by Gasteiger charge is 2.24. The number of carbonyl (C=O) groups is 1. The van der Waals surface area contributed by atoms with Crippen molar-refractivity contribution in [1.82, 2.24) is 9.80 Å². The topological polar surface area (TPSA) is 42.0 Å². The van der Waals surface area contributed by atoms with E-state index in [4.69, 9.17) is 9.47 Å². The fraction of sp³-hybridized carbons (Fsp3) is 0.316. The first-order chi connectivity index (χ1) is 12.2. The molecule has 2 aromatic carbocycles. The van der Waals surface area contributed by atoms with E-state index >= 15 is 0 Å². The van der Waals surface area contributed by atoms with Gasteiger partial charge >= 0.3 is 0 Å². The van der Waals surface area contributed by atoms with Crippen LogP contribution in [0.5, 0.6) is 11.5 Å². The van der Waals surface area contributed by atoms with E-state index in [1.54, 1.807) is 30.3 Å². The largest absolute Gasteiger partial charge is 0.454 e. The van der Waals surface area contributed by atoms with Crippen LogP contribution >= 0.6 is 0 Å². The average Bonchev–Trinajstić information content (AvgIpc) is 3.11. The fourth-order valence-corrected chi connectivity index (χ4v) is 3.17.